The summed E-state index contributed by atoms with van der Waals surface area (Å²) < 4.78 is 26.6. The molecule has 2 amide bonds. The maximum Gasteiger partial charge on any atom is 0.256 e. The van der Waals surface area contributed by atoms with Crippen molar-refractivity contribution in [2.24, 2.45) is 5.73 Å². The third kappa shape index (κ3) is 4.20. The summed E-state index contributed by atoms with van der Waals surface area (Å²) >= 11 is 1.25. The molecule has 9 heteroatoms. The first-order valence-corrected chi connectivity index (χ1v) is 10.7. The average molecular weight is 410 g/mol. The minimum absolute atomic E-state index is 0.0486. The topological polar surface area (TPSA) is 110 Å². The van der Waals surface area contributed by atoms with E-state index < -0.39 is 21.8 Å². The fourth-order valence-electron chi connectivity index (χ4n) is 2.70. The molecule has 1 aromatic heterocycles. The van der Waals surface area contributed by atoms with Crippen molar-refractivity contribution in [1.29, 1.82) is 0 Å². The van der Waals surface area contributed by atoms with Gasteiger partial charge in [0.05, 0.1) is 10.5 Å². The number of anilines is 1. The van der Waals surface area contributed by atoms with E-state index in [1.54, 1.807) is 20.8 Å². The van der Waals surface area contributed by atoms with Gasteiger partial charge in [-0.25, -0.2) is 8.42 Å². The molecule has 0 radical (unpaired) electrons. The summed E-state index contributed by atoms with van der Waals surface area (Å²) in [6, 6.07) is 5.83. The number of primary amides is 1. The van der Waals surface area contributed by atoms with Crippen molar-refractivity contribution in [2.75, 3.05) is 18.4 Å². The van der Waals surface area contributed by atoms with Gasteiger partial charge in [-0.2, -0.15) is 4.31 Å². The van der Waals surface area contributed by atoms with Crippen LogP contribution in [0.1, 0.15) is 45.0 Å². The molecule has 0 aliphatic carbocycles. The lowest BCUT2D eigenvalue weighted by molar-refractivity contribution is 0.100. The molecule has 0 fully saturated rings. The number of nitrogens with zero attached hydrogens (tertiary/aromatic N) is 1. The van der Waals surface area contributed by atoms with Gasteiger partial charge >= 0.3 is 0 Å². The Morgan fingerprint density at radius 3 is 2.37 bits per heavy atom. The number of benzene rings is 1. The fourth-order valence-corrected chi connectivity index (χ4v) is 5.26. The van der Waals surface area contributed by atoms with Crippen LogP contribution in [0.4, 0.5) is 5.00 Å². The SMILES string of the molecule is CCN(CC)S(=O)(=O)c1cccc(C(=O)Nc2sc(C)c(C)c2C(N)=O)c1. The predicted molar refractivity (Wildman–Crippen MR) is 107 cm³/mol. The number of amides is 2. The Morgan fingerprint density at radius 1 is 1.19 bits per heavy atom. The first kappa shape index (κ1) is 21.1. The number of sulfonamides is 1. The third-order valence-corrected chi connectivity index (χ3v) is 7.47. The van der Waals surface area contributed by atoms with E-state index >= 15 is 0 Å². The number of carbonyl (C=O) groups excluding carboxylic acids is 2. The maximum atomic E-state index is 12.7. The third-order valence-electron chi connectivity index (χ3n) is 4.30. The number of thiophene rings is 1. The van der Waals surface area contributed by atoms with Crippen molar-refractivity contribution in [3.05, 3.63) is 45.8 Å². The highest BCUT2D eigenvalue weighted by Crippen LogP contribution is 2.32. The van der Waals surface area contributed by atoms with E-state index in [2.05, 4.69) is 5.32 Å². The lowest BCUT2D eigenvalue weighted by atomic mass is 10.1. The van der Waals surface area contributed by atoms with Crippen LogP contribution >= 0.6 is 11.3 Å². The van der Waals surface area contributed by atoms with Crippen molar-refractivity contribution in [1.82, 2.24) is 4.31 Å². The molecule has 0 spiro atoms. The normalized spacial score (nSPS) is 11.6. The molecule has 0 aliphatic heterocycles. The fraction of sp³-hybridized carbons (Fsp3) is 0.333. The lowest BCUT2D eigenvalue weighted by Gasteiger charge is -2.18. The molecule has 2 aromatic rings. The van der Waals surface area contributed by atoms with E-state index in [9.17, 15) is 18.0 Å². The van der Waals surface area contributed by atoms with Crippen LogP contribution in [0, 0.1) is 13.8 Å². The minimum atomic E-state index is -3.67. The van der Waals surface area contributed by atoms with Crippen LogP contribution in [0.3, 0.4) is 0 Å². The summed E-state index contributed by atoms with van der Waals surface area (Å²) in [7, 11) is -3.67. The Hall–Kier alpha value is -2.23. The molecule has 27 heavy (non-hydrogen) atoms. The van der Waals surface area contributed by atoms with E-state index in [-0.39, 0.29) is 16.0 Å². The summed E-state index contributed by atoms with van der Waals surface area (Å²) in [6.45, 7) is 7.78. The summed E-state index contributed by atoms with van der Waals surface area (Å²) in [5, 5.41) is 3.04. The molecule has 0 saturated heterocycles. The van der Waals surface area contributed by atoms with Gasteiger partial charge in [-0.3, -0.25) is 9.59 Å². The second kappa shape index (κ2) is 8.20. The molecule has 2 rings (SSSR count). The molecule has 0 saturated carbocycles. The number of hydrogen-bond acceptors (Lipinski definition) is 5. The van der Waals surface area contributed by atoms with Gasteiger partial charge in [-0.15, -0.1) is 11.3 Å². The standard InChI is InChI=1S/C18H23N3O4S2/c1-5-21(6-2)27(24,25)14-9-7-8-13(10-14)17(23)20-18-15(16(19)22)11(3)12(4)26-18/h7-10H,5-6H2,1-4H3,(H2,19,22)(H,20,23). The second-order valence-electron chi connectivity index (χ2n) is 5.92. The quantitative estimate of drug-likeness (QED) is 0.732. The van der Waals surface area contributed by atoms with Crippen molar-refractivity contribution >= 4 is 38.2 Å². The van der Waals surface area contributed by atoms with Crippen LogP contribution in [-0.4, -0.2) is 37.6 Å². The van der Waals surface area contributed by atoms with E-state index in [1.165, 1.54) is 39.9 Å². The van der Waals surface area contributed by atoms with E-state index in [0.29, 0.717) is 18.1 Å². The first-order chi connectivity index (χ1) is 12.6. The van der Waals surface area contributed by atoms with Gasteiger partial charge in [-0.05, 0) is 37.6 Å². The Morgan fingerprint density at radius 2 is 1.81 bits per heavy atom. The van der Waals surface area contributed by atoms with Gasteiger partial charge in [-0.1, -0.05) is 19.9 Å². The van der Waals surface area contributed by atoms with Crippen LogP contribution in [0.25, 0.3) is 0 Å². The van der Waals surface area contributed by atoms with Gasteiger partial charge in [0.1, 0.15) is 5.00 Å². The van der Waals surface area contributed by atoms with E-state index in [4.69, 9.17) is 5.73 Å². The number of carbonyl (C=O) groups is 2. The highest BCUT2D eigenvalue weighted by molar-refractivity contribution is 7.89. The Balaban J connectivity index is 2.37. The zero-order valence-electron chi connectivity index (χ0n) is 15.7. The van der Waals surface area contributed by atoms with Crippen LogP contribution in [0.15, 0.2) is 29.2 Å². The van der Waals surface area contributed by atoms with Gasteiger partial charge in [0.15, 0.2) is 0 Å². The molecule has 0 aliphatic rings. The first-order valence-electron chi connectivity index (χ1n) is 8.44. The molecular weight excluding hydrogens is 386 g/mol. The van der Waals surface area contributed by atoms with Gasteiger partial charge in [0, 0.05) is 23.5 Å². The summed E-state index contributed by atoms with van der Waals surface area (Å²) in [5.74, 6) is -1.12. The molecule has 7 nitrogen and oxygen atoms in total. The van der Waals surface area contributed by atoms with E-state index in [1.807, 2.05) is 6.92 Å². The van der Waals surface area contributed by atoms with Crippen molar-refractivity contribution in [2.45, 2.75) is 32.6 Å². The second-order valence-corrected chi connectivity index (χ2v) is 9.09. The van der Waals surface area contributed by atoms with Gasteiger partial charge in [0.2, 0.25) is 10.0 Å². The number of nitrogens with two attached hydrogens (primary N) is 1. The Kier molecular flexibility index (Phi) is 6.40. The maximum absolute atomic E-state index is 12.7. The Labute approximate surface area is 163 Å². The molecule has 0 atom stereocenters. The summed E-state index contributed by atoms with van der Waals surface area (Å²) in [5.41, 5.74) is 6.60. The summed E-state index contributed by atoms with van der Waals surface area (Å²) in [4.78, 5) is 25.2. The van der Waals surface area contributed by atoms with E-state index in [0.717, 1.165) is 10.4 Å². The molecule has 0 bridgehead atoms. The Bertz CT molecular complexity index is 976. The van der Waals surface area contributed by atoms with Crippen LogP contribution in [-0.2, 0) is 10.0 Å². The average Bonchev–Trinajstić information content (AvgIpc) is 2.89. The smallest absolute Gasteiger partial charge is 0.256 e. The van der Waals surface area contributed by atoms with Crippen molar-refractivity contribution in [3.8, 4) is 0 Å². The van der Waals surface area contributed by atoms with Crippen LogP contribution < -0.4 is 11.1 Å². The lowest BCUT2D eigenvalue weighted by Crippen LogP contribution is -2.30. The zero-order chi connectivity index (χ0) is 20.4. The predicted octanol–water partition coefficient (Wildman–Crippen LogP) is 2.75. The molecule has 146 valence electrons. The van der Waals surface area contributed by atoms with Gasteiger partial charge in [0.25, 0.3) is 11.8 Å². The molecule has 1 aromatic carbocycles. The zero-order valence-corrected chi connectivity index (χ0v) is 17.3. The molecule has 3 N–H and O–H groups in total. The number of nitrogens with one attached hydrogen (secondary N) is 1. The number of hydrogen-bond donors (Lipinski definition) is 2. The highest BCUT2D eigenvalue weighted by atomic mass is 32.2. The summed E-state index contributed by atoms with van der Waals surface area (Å²) in [6.07, 6.45) is 0. The van der Waals surface area contributed by atoms with Gasteiger partial charge < -0.3 is 11.1 Å². The molecular formula is C18H23N3O4S2. The van der Waals surface area contributed by atoms with Crippen LogP contribution in [0.2, 0.25) is 0 Å². The number of rotatable bonds is 7. The monoisotopic (exact) mass is 409 g/mol. The highest BCUT2D eigenvalue weighted by Gasteiger charge is 2.23. The molecule has 0 unspecified atom stereocenters. The molecule has 1 heterocycles. The largest absolute Gasteiger partial charge is 0.365 e. The van der Waals surface area contributed by atoms with Crippen molar-refractivity contribution < 1.29 is 18.0 Å². The van der Waals surface area contributed by atoms with Crippen LogP contribution in [0.5, 0.6) is 0 Å². The minimum Gasteiger partial charge on any atom is -0.365 e. The number of aryl methyl sites for hydroxylation is 1. The van der Waals surface area contributed by atoms with Crippen molar-refractivity contribution in [3.63, 3.8) is 0 Å².